The minimum Gasteiger partial charge on any atom is -0.494 e. The van der Waals surface area contributed by atoms with Crippen LogP contribution in [-0.4, -0.2) is 29.0 Å². The number of nitrogens with one attached hydrogen (secondary N) is 2. The van der Waals surface area contributed by atoms with Crippen LogP contribution in [0.15, 0.2) is 41.8 Å². The molecule has 2 aromatic rings. The maximum Gasteiger partial charge on any atom is 0.221 e. The van der Waals surface area contributed by atoms with E-state index in [9.17, 15) is 0 Å². The molecule has 0 radical (unpaired) electrons. The van der Waals surface area contributed by atoms with E-state index in [1.807, 2.05) is 44.2 Å². The van der Waals surface area contributed by atoms with Gasteiger partial charge in [0.2, 0.25) is 5.88 Å². The molecule has 0 amide bonds. The third-order valence-electron chi connectivity index (χ3n) is 3.49. The van der Waals surface area contributed by atoms with Crippen LogP contribution in [0, 0.1) is 10.9 Å². The van der Waals surface area contributed by atoms with Crippen molar-refractivity contribution < 1.29 is 9.47 Å². The van der Waals surface area contributed by atoms with Crippen molar-refractivity contribution in [2.45, 2.75) is 27.3 Å². The summed E-state index contributed by atoms with van der Waals surface area (Å²) in [5.74, 6) is 1.52. The van der Waals surface area contributed by atoms with E-state index in [0.717, 1.165) is 22.4 Å². The Balaban J connectivity index is 2.42. The Morgan fingerprint density at radius 1 is 1.20 bits per heavy atom. The SMILES string of the molecule is CCOc1cccc(-c2cc(CN(N=N)C(C)=N)cnc2OCC)c1. The van der Waals surface area contributed by atoms with Gasteiger partial charge in [0.15, 0.2) is 0 Å². The number of amidine groups is 1. The van der Waals surface area contributed by atoms with Gasteiger partial charge in [-0.15, -0.1) is 0 Å². The molecule has 7 nitrogen and oxygen atoms in total. The smallest absolute Gasteiger partial charge is 0.221 e. The Hall–Kier alpha value is -2.96. The molecule has 1 heterocycles. The molecule has 2 rings (SSSR count). The number of nitrogens with zero attached hydrogens (tertiary/aromatic N) is 3. The van der Waals surface area contributed by atoms with Crippen molar-refractivity contribution in [2.24, 2.45) is 5.22 Å². The summed E-state index contributed by atoms with van der Waals surface area (Å²) in [5.41, 5.74) is 9.80. The molecule has 0 aliphatic carbocycles. The highest BCUT2D eigenvalue weighted by Gasteiger charge is 2.13. The average Bonchev–Trinajstić information content (AvgIpc) is 2.61. The van der Waals surface area contributed by atoms with E-state index in [2.05, 4.69) is 10.2 Å². The number of pyridine rings is 1. The lowest BCUT2D eigenvalue weighted by atomic mass is 10.0. The standard InChI is InChI=1S/C18H23N5O2/c1-4-24-16-8-6-7-15(10-16)17-9-14(11-21-18(17)25-5-2)12-23(22-20)13(3)19/h6-11,19-20H,4-5,12H2,1-3H3. The third-order valence-corrected chi connectivity index (χ3v) is 3.49. The van der Waals surface area contributed by atoms with Crippen molar-refractivity contribution in [3.05, 3.63) is 42.1 Å². The molecular formula is C18H23N5O2. The molecule has 0 unspecified atom stereocenters. The van der Waals surface area contributed by atoms with Gasteiger partial charge in [-0.3, -0.25) is 5.41 Å². The van der Waals surface area contributed by atoms with E-state index in [0.29, 0.717) is 25.6 Å². The summed E-state index contributed by atoms with van der Waals surface area (Å²) in [6.45, 7) is 6.86. The van der Waals surface area contributed by atoms with Crippen LogP contribution in [0.25, 0.3) is 11.1 Å². The van der Waals surface area contributed by atoms with Gasteiger partial charge in [-0.1, -0.05) is 17.4 Å². The number of hydrogen-bond acceptors (Lipinski definition) is 6. The van der Waals surface area contributed by atoms with Gasteiger partial charge in [-0.25, -0.2) is 9.99 Å². The topological polar surface area (TPSA) is 94.7 Å². The lowest BCUT2D eigenvalue weighted by Gasteiger charge is -2.17. The Morgan fingerprint density at radius 3 is 2.60 bits per heavy atom. The van der Waals surface area contributed by atoms with Crippen LogP contribution in [0.5, 0.6) is 11.6 Å². The van der Waals surface area contributed by atoms with Crippen molar-refractivity contribution in [3.8, 4) is 22.8 Å². The van der Waals surface area contributed by atoms with E-state index in [4.69, 9.17) is 20.4 Å². The highest BCUT2D eigenvalue weighted by Crippen LogP contribution is 2.31. The van der Waals surface area contributed by atoms with Crippen molar-refractivity contribution in [3.63, 3.8) is 0 Å². The minimum absolute atomic E-state index is 0.198. The van der Waals surface area contributed by atoms with Gasteiger partial charge in [0, 0.05) is 11.8 Å². The van der Waals surface area contributed by atoms with Crippen molar-refractivity contribution in [1.82, 2.24) is 9.99 Å². The van der Waals surface area contributed by atoms with E-state index in [1.54, 1.807) is 13.1 Å². The molecule has 0 spiro atoms. The van der Waals surface area contributed by atoms with Crippen LogP contribution in [0.2, 0.25) is 0 Å². The fourth-order valence-corrected chi connectivity index (χ4v) is 2.36. The summed E-state index contributed by atoms with van der Waals surface area (Å²) in [7, 11) is 0. The molecule has 0 aliphatic rings. The summed E-state index contributed by atoms with van der Waals surface area (Å²) in [6, 6.07) is 9.70. The van der Waals surface area contributed by atoms with Crippen LogP contribution < -0.4 is 9.47 Å². The maximum absolute atomic E-state index is 7.65. The minimum atomic E-state index is 0.198. The predicted octanol–water partition coefficient (Wildman–Crippen LogP) is 4.29. The monoisotopic (exact) mass is 341 g/mol. The van der Waals surface area contributed by atoms with Crippen LogP contribution >= 0.6 is 0 Å². The molecule has 1 aromatic heterocycles. The zero-order valence-electron chi connectivity index (χ0n) is 14.7. The summed E-state index contributed by atoms with van der Waals surface area (Å²) in [4.78, 5) is 4.40. The predicted molar refractivity (Wildman–Crippen MR) is 96.1 cm³/mol. The highest BCUT2D eigenvalue weighted by molar-refractivity contribution is 5.76. The number of hydrogen-bond donors (Lipinski definition) is 2. The van der Waals surface area contributed by atoms with Gasteiger partial charge < -0.3 is 9.47 Å². The second-order valence-electron chi connectivity index (χ2n) is 5.33. The van der Waals surface area contributed by atoms with E-state index in [1.165, 1.54) is 5.01 Å². The molecule has 25 heavy (non-hydrogen) atoms. The van der Waals surface area contributed by atoms with Gasteiger partial charge in [-0.2, -0.15) is 5.53 Å². The van der Waals surface area contributed by atoms with Crippen LogP contribution in [0.3, 0.4) is 0 Å². The van der Waals surface area contributed by atoms with E-state index >= 15 is 0 Å². The Kier molecular flexibility index (Phi) is 6.45. The first-order valence-corrected chi connectivity index (χ1v) is 8.14. The zero-order chi connectivity index (χ0) is 18.2. The van der Waals surface area contributed by atoms with Gasteiger partial charge in [0.25, 0.3) is 0 Å². The molecule has 0 saturated carbocycles. The first kappa shape index (κ1) is 18.4. The quantitative estimate of drug-likeness (QED) is 0.324. The Labute approximate surface area is 147 Å². The molecule has 1 aromatic carbocycles. The van der Waals surface area contributed by atoms with E-state index < -0.39 is 0 Å². The average molecular weight is 341 g/mol. The molecule has 0 fully saturated rings. The number of benzene rings is 1. The Morgan fingerprint density at radius 2 is 1.96 bits per heavy atom. The fraction of sp³-hybridized carbons (Fsp3) is 0.333. The summed E-state index contributed by atoms with van der Waals surface area (Å²) >= 11 is 0. The fourth-order valence-electron chi connectivity index (χ4n) is 2.36. The number of ether oxygens (including phenoxy) is 2. The van der Waals surface area contributed by atoms with Gasteiger partial charge in [-0.05, 0) is 50.1 Å². The molecular weight excluding hydrogens is 318 g/mol. The number of aromatic nitrogens is 1. The van der Waals surface area contributed by atoms with Crippen LogP contribution in [0.4, 0.5) is 0 Å². The third kappa shape index (κ3) is 4.76. The maximum atomic E-state index is 7.65. The second-order valence-corrected chi connectivity index (χ2v) is 5.33. The first-order valence-electron chi connectivity index (χ1n) is 8.14. The summed E-state index contributed by atoms with van der Waals surface area (Å²) < 4.78 is 11.2. The van der Waals surface area contributed by atoms with E-state index in [-0.39, 0.29) is 5.84 Å². The van der Waals surface area contributed by atoms with Crippen LogP contribution in [-0.2, 0) is 6.54 Å². The zero-order valence-corrected chi connectivity index (χ0v) is 14.7. The van der Waals surface area contributed by atoms with Gasteiger partial charge >= 0.3 is 0 Å². The lowest BCUT2D eigenvalue weighted by molar-refractivity contribution is 0.327. The number of rotatable bonds is 8. The van der Waals surface area contributed by atoms with Crippen molar-refractivity contribution in [2.75, 3.05) is 13.2 Å². The molecule has 0 bridgehead atoms. The molecule has 132 valence electrons. The summed E-state index contributed by atoms with van der Waals surface area (Å²) in [6.07, 6.45) is 1.68. The second kappa shape index (κ2) is 8.77. The largest absolute Gasteiger partial charge is 0.494 e. The van der Waals surface area contributed by atoms with Crippen molar-refractivity contribution in [1.29, 1.82) is 10.9 Å². The molecule has 0 saturated heterocycles. The summed E-state index contributed by atoms with van der Waals surface area (Å²) in [5, 5.41) is 12.3. The normalized spacial score (nSPS) is 10.2. The van der Waals surface area contributed by atoms with Gasteiger partial charge in [0.1, 0.15) is 11.6 Å². The molecule has 0 aliphatic heterocycles. The Bertz CT molecular complexity index is 748. The van der Waals surface area contributed by atoms with Crippen molar-refractivity contribution >= 4 is 5.84 Å². The highest BCUT2D eigenvalue weighted by atomic mass is 16.5. The molecule has 2 N–H and O–H groups in total. The molecule has 0 atom stereocenters. The lowest BCUT2D eigenvalue weighted by Crippen LogP contribution is -2.21. The van der Waals surface area contributed by atoms with Crippen LogP contribution in [0.1, 0.15) is 26.3 Å². The van der Waals surface area contributed by atoms with Gasteiger partial charge in [0.05, 0.1) is 19.8 Å². The molecule has 7 heteroatoms. The first-order chi connectivity index (χ1) is 12.1.